The van der Waals surface area contributed by atoms with E-state index in [1.54, 1.807) is 17.1 Å². The predicted molar refractivity (Wildman–Crippen MR) is 117 cm³/mol. The third-order valence-corrected chi connectivity index (χ3v) is 4.88. The molecule has 0 atom stereocenters. The quantitative estimate of drug-likeness (QED) is 0.515. The van der Waals surface area contributed by atoms with Crippen LogP contribution in [0.15, 0.2) is 91.3 Å². The van der Waals surface area contributed by atoms with Crippen LogP contribution in [0.2, 0.25) is 0 Å². The number of pyridine rings is 1. The molecule has 0 bridgehead atoms. The van der Waals surface area contributed by atoms with E-state index < -0.39 is 0 Å². The van der Waals surface area contributed by atoms with Crippen LogP contribution in [0.5, 0.6) is 0 Å². The van der Waals surface area contributed by atoms with Crippen molar-refractivity contribution < 1.29 is 4.79 Å². The smallest absolute Gasteiger partial charge is 0.315 e. The summed E-state index contributed by atoms with van der Waals surface area (Å²) in [6.45, 7) is 0.334. The molecule has 30 heavy (non-hydrogen) atoms. The van der Waals surface area contributed by atoms with Gasteiger partial charge >= 0.3 is 6.03 Å². The standard InChI is InChI=1S/C24H23N5O/c1-29-22(18-12-14-25-15-13-18)16-21(28-29)17-26-24(30)27-23(19-8-4-2-5-9-19)20-10-6-3-7-11-20/h2-16,23H,17H2,1H3,(H2,26,27,30). The van der Waals surface area contributed by atoms with Crippen LogP contribution in [0.3, 0.4) is 0 Å². The molecule has 2 aromatic carbocycles. The molecular weight excluding hydrogens is 374 g/mol. The number of benzene rings is 2. The number of nitrogens with zero attached hydrogens (tertiary/aromatic N) is 3. The Morgan fingerprint density at radius 1 is 0.933 bits per heavy atom. The Hall–Kier alpha value is -3.93. The van der Waals surface area contributed by atoms with Gasteiger partial charge in [0.1, 0.15) is 0 Å². The molecule has 4 rings (SSSR count). The summed E-state index contributed by atoms with van der Waals surface area (Å²) in [4.78, 5) is 16.7. The Morgan fingerprint density at radius 3 is 2.13 bits per heavy atom. The van der Waals surface area contributed by atoms with Gasteiger partial charge in [0.25, 0.3) is 0 Å². The van der Waals surface area contributed by atoms with Gasteiger partial charge in [0, 0.05) is 25.0 Å². The first-order valence-corrected chi connectivity index (χ1v) is 9.78. The van der Waals surface area contributed by atoms with Crippen LogP contribution in [-0.4, -0.2) is 20.8 Å². The Kier molecular flexibility index (Phi) is 5.85. The number of hydrogen-bond acceptors (Lipinski definition) is 3. The summed E-state index contributed by atoms with van der Waals surface area (Å²) in [6.07, 6.45) is 3.50. The Bertz CT molecular complexity index is 1050. The summed E-state index contributed by atoms with van der Waals surface area (Å²) in [5.74, 6) is 0. The van der Waals surface area contributed by atoms with Crippen molar-refractivity contribution in [3.8, 4) is 11.3 Å². The van der Waals surface area contributed by atoms with Gasteiger partial charge in [0.05, 0.1) is 24.0 Å². The fourth-order valence-corrected chi connectivity index (χ4v) is 3.41. The zero-order valence-electron chi connectivity index (χ0n) is 16.7. The first-order valence-electron chi connectivity index (χ1n) is 9.78. The normalized spacial score (nSPS) is 10.7. The van der Waals surface area contributed by atoms with E-state index in [0.717, 1.165) is 28.1 Å². The molecule has 0 aliphatic rings. The lowest BCUT2D eigenvalue weighted by Gasteiger charge is -2.20. The summed E-state index contributed by atoms with van der Waals surface area (Å²) in [5.41, 5.74) is 4.84. The van der Waals surface area contributed by atoms with Gasteiger partial charge in [-0.3, -0.25) is 9.67 Å². The minimum Gasteiger partial charge on any atom is -0.332 e. The molecule has 2 aromatic heterocycles. The first-order chi connectivity index (χ1) is 14.7. The summed E-state index contributed by atoms with van der Waals surface area (Å²) in [5, 5.41) is 10.5. The van der Waals surface area contributed by atoms with E-state index in [4.69, 9.17) is 0 Å². The number of hydrogen-bond donors (Lipinski definition) is 2. The molecular formula is C24H23N5O. The largest absolute Gasteiger partial charge is 0.332 e. The minimum atomic E-state index is -0.246. The fraction of sp³-hybridized carbons (Fsp3) is 0.125. The van der Waals surface area contributed by atoms with Crippen LogP contribution in [0.1, 0.15) is 22.9 Å². The highest BCUT2D eigenvalue weighted by molar-refractivity contribution is 5.75. The van der Waals surface area contributed by atoms with Crippen molar-refractivity contribution in [3.63, 3.8) is 0 Å². The van der Waals surface area contributed by atoms with Crippen molar-refractivity contribution in [2.75, 3.05) is 0 Å². The second-order valence-electron chi connectivity index (χ2n) is 6.96. The van der Waals surface area contributed by atoms with E-state index in [-0.39, 0.29) is 12.1 Å². The van der Waals surface area contributed by atoms with Crippen molar-refractivity contribution in [2.24, 2.45) is 7.05 Å². The van der Waals surface area contributed by atoms with E-state index >= 15 is 0 Å². The number of aryl methyl sites for hydroxylation is 1. The molecule has 0 saturated carbocycles. The SMILES string of the molecule is Cn1nc(CNC(=O)NC(c2ccccc2)c2ccccc2)cc1-c1ccncc1. The monoisotopic (exact) mass is 397 g/mol. The van der Waals surface area contributed by atoms with Crippen LogP contribution in [0.25, 0.3) is 11.3 Å². The highest BCUT2D eigenvalue weighted by Gasteiger charge is 2.17. The maximum Gasteiger partial charge on any atom is 0.315 e. The van der Waals surface area contributed by atoms with Gasteiger partial charge in [-0.25, -0.2) is 4.79 Å². The van der Waals surface area contributed by atoms with Crippen molar-refractivity contribution in [3.05, 3.63) is 108 Å². The minimum absolute atomic E-state index is 0.233. The second-order valence-corrected chi connectivity index (χ2v) is 6.96. The van der Waals surface area contributed by atoms with Crippen LogP contribution >= 0.6 is 0 Å². The molecule has 2 heterocycles. The summed E-state index contributed by atoms with van der Waals surface area (Å²) in [6, 6.07) is 25.2. The van der Waals surface area contributed by atoms with E-state index in [1.807, 2.05) is 85.9 Å². The predicted octanol–water partition coefficient (Wildman–Crippen LogP) is 4.07. The maximum atomic E-state index is 12.7. The average Bonchev–Trinajstić information content (AvgIpc) is 3.18. The molecule has 0 saturated heterocycles. The molecule has 0 unspecified atom stereocenters. The fourth-order valence-electron chi connectivity index (χ4n) is 3.41. The Morgan fingerprint density at radius 2 is 1.53 bits per heavy atom. The van der Waals surface area contributed by atoms with Gasteiger partial charge in [-0.15, -0.1) is 0 Å². The number of aromatic nitrogens is 3. The van der Waals surface area contributed by atoms with E-state index in [0.29, 0.717) is 6.54 Å². The lowest BCUT2D eigenvalue weighted by atomic mass is 9.99. The average molecular weight is 397 g/mol. The Labute approximate surface area is 175 Å². The van der Waals surface area contributed by atoms with Crippen LogP contribution in [0, 0.1) is 0 Å². The van der Waals surface area contributed by atoms with Gasteiger partial charge in [-0.05, 0) is 29.3 Å². The van der Waals surface area contributed by atoms with Crippen LogP contribution < -0.4 is 10.6 Å². The third-order valence-electron chi connectivity index (χ3n) is 4.88. The molecule has 6 nitrogen and oxygen atoms in total. The number of urea groups is 1. The van der Waals surface area contributed by atoms with Gasteiger partial charge in [0.2, 0.25) is 0 Å². The molecule has 0 aliphatic carbocycles. The van der Waals surface area contributed by atoms with Crippen molar-refractivity contribution >= 4 is 6.03 Å². The van der Waals surface area contributed by atoms with Gasteiger partial charge in [-0.2, -0.15) is 5.10 Å². The zero-order chi connectivity index (χ0) is 20.8. The van der Waals surface area contributed by atoms with Gasteiger partial charge in [0.15, 0.2) is 0 Å². The first kappa shape index (κ1) is 19.4. The lowest BCUT2D eigenvalue weighted by molar-refractivity contribution is 0.238. The lowest BCUT2D eigenvalue weighted by Crippen LogP contribution is -2.38. The van der Waals surface area contributed by atoms with Crippen molar-refractivity contribution in [1.82, 2.24) is 25.4 Å². The molecule has 150 valence electrons. The maximum absolute atomic E-state index is 12.7. The summed E-state index contributed by atoms with van der Waals surface area (Å²) in [7, 11) is 1.89. The second kappa shape index (κ2) is 9.05. The highest BCUT2D eigenvalue weighted by atomic mass is 16.2. The molecule has 6 heteroatoms. The molecule has 0 spiro atoms. The van der Waals surface area contributed by atoms with Crippen LogP contribution in [0.4, 0.5) is 4.79 Å². The van der Waals surface area contributed by atoms with Crippen molar-refractivity contribution in [2.45, 2.75) is 12.6 Å². The van der Waals surface area contributed by atoms with Crippen molar-refractivity contribution in [1.29, 1.82) is 0 Å². The van der Waals surface area contributed by atoms with E-state index in [9.17, 15) is 4.79 Å². The number of rotatable bonds is 6. The van der Waals surface area contributed by atoms with Gasteiger partial charge in [-0.1, -0.05) is 60.7 Å². The molecule has 2 amide bonds. The zero-order valence-corrected chi connectivity index (χ0v) is 16.7. The number of amides is 2. The van der Waals surface area contributed by atoms with E-state index in [2.05, 4.69) is 20.7 Å². The van der Waals surface area contributed by atoms with Gasteiger partial charge < -0.3 is 10.6 Å². The van der Waals surface area contributed by atoms with E-state index in [1.165, 1.54) is 0 Å². The van der Waals surface area contributed by atoms with Crippen LogP contribution in [-0.2, 0) is 13.6 Å². The summed E-state index contributed by atoms with van der Waals surface area (Å²) < 4.78 is 1.81. The molecule has 0 radical (unpaired) electrons. The summed E-state index contributed by atoms with van der Waals surface area (Å²) >= 11 is 0. The third kappa shape index (κ3) is 4.55. The number of carbonyl (C=O) groups excluding carboxylic acids is 1. The molecule has 0 aliphatic heterocycles. The number of carbonyl (C=O) groups is 1. The highest BCUT2D eigenvalue weighted by Crippen LogP contribution is 2.22. The number of nitrogens with one attached hydrogen (secondary N) is 2. The Balaban J connectivity index is 1.45. The molecule has 0 fully saturated rings. The molecule has 2 N–H and O–H groups in total. The topological polar surface area (TPSA) is 71.8 Å². The molecule has 4 aromatic rings.